The molecular formula is C11H12BrClN4S. The zero-order chi connectivity index (χ0) is 13.1. The maximum atomic E-state index is 6.06. The van der Waals surface area contributed by atoms with Gasteiger partial charge in [-0.1, -0.05) is 36.8 Å². The van der Waals surface area contributed by atoms with Gasteiger partial charge in [0, 0.05) is 16.6 Å². The summed E-state index contributed by atoms with van der Waals surface area (Å²) in [4.78, 5) is 4.20. The van der Waals surface area contributed by atoms with Crippen LogP contribution in [0.3, 0.4) is 0 Å². The number of hydrogen-bond acceptors (Lipinski definition) is 5. The number of nitrogens with one attached hydrogen (secondary N) is 1. The second kappa shape index (κ2) is 5.95. The van der Waals surface area contributed by atoms with Crippen molar-refractivity contribution in [2.24, 2.45) is 0 Å². The number of hydrogen-bond donors (Lipinski definition) is 1. The molecule has 0 aliphatic carbocycles. The molecule has 0 aliphatic heterocycles. The fraction of sp³-hybridized carbons (Fsp3) is 0.364. The van der Waals surface area contributed by atoms with Gasteiger partial charge in [-0.15, -0.1) is 10.2 Å². The molecule has 0 amide bonds. The standard InChI is InChI=1S/C11H12BrClN4S/c1-6(2)11-17-16-9(18-11)5-15-10-8(13)3-7(12)4-14-10/h3-4,6H,5H2,1-2H3,(H,14,15). The van der Waals surface area contributed by atoms with Crippen LogP contribution in [-0.2, 0) is 6.54 Å². The number of pyridine rings is 1. The van der Waals surface area contributed by atoms with Gasteiger partial charge in [0.2, 0.25) is 0 Å². The minimum Gasteiger partial charge on any atom is -0.362 e. The molecule has 4 nitrogen and oxygen atoms in total. The van der Waals surface area contributed by atoms with E-state index in [0.717, 1.165) is 14.5 Å². The van der Waals surface area contributed by atoms with Gasteiger partial charge in [-0.05, 0) is 22.0 Å². The van der Waals surface area contributed by atoms with Gasteiger partial charge in [-0.3, -0.25) is 0 Å². The molecule has 0 radical (unpaired) electrons. The van der Waals surface area contributed by atoms with Gasteiger partial charge in [-0.2, -0.15) is 0 Å². The summed E-state index contributed by atoms with van der Waals surface area (Å²) in [5.41, 5.74) is 0. The summed E-state index contributed by atoms with van der Waals surface area (Å²) in [5, 5.41) is 14.0. The highest BCUT2D eigenvalue weighted by Crippen LogP contribution is 2.24. The lowest BCUT2D eigenvalue weighted by Gasteiger charge is -2.05. The summed E-state index contributed by atoms with van der Waals surface area (Å²) in [6, 6.07) is 1.80. The second-order valence-corrected chi connectivity index (χ2v) is 6.44. The summed E-state index contributed by atoms with van der Waals surface area (Å²) in [6.45, 7) is 4.79. The molecule has 2 aromatic rings. The zero-order valence-electron chi connectivity index (χ0n) is 9.94. The van der Waals surface area contributed by atoms with E-state index >= 15 is 0 Å². The Labute approximate surface area is 123 Å². The SMILES string of the molecule is CC(C)c1nnc(CNc2ncc(Br)cc2Cl)s1. The highest BCUT2D eigenvalue weighted by molar-refractivity contribution is 9.10. The molecule has 2 rings (SSSR count). The van der Waals surface area contributed by atoms with E-state index in [1.54, 1.807) is 23.6 Å². The van der Waals surface area contributed by atoms with Crippen LogP contribution in [0.15, 0.2) is 16.7 Å². The van der Waals surface area contributed by atoms with Crippen LogP contribution in [0.1, 0.15) is 29.8 Å². The molecule has 0 spiro atoms. The first-order valence-electron chi connectivity index (χ1n) is 5.43. The van der Waals surface area contributed by atoms with E-state index in [1.807, 2.05) is 0 Å². The lowest BCUT2D eigenvalue weighted by Crippen LogP contribution is -2.01. The van der Waals surface area contributed by atoms with Gasteiger partial charge in [0.25, 0.3) is 0 Å². The average molecular weight is 348 g/mol. The summed E-state index contributed by atoms with van der Waals surface area (Å²) in [7, 11) is 0. The maximum absolute atomic E-state index is 6.06. The van der Waals surface area contributed by atoms with Gasteiger partial charge in [0.05, 0.1) is 11.6 Å². The number of anilines is 1. The minimum atomic E-state index is 0.408. The van der Waals surface area contributed by atoms with Gasteiger partial charge in [0.1, 0.15) is 15.8 Å². The Morgan fingerprint density at radius 3 is 2.83 bits per heavy atom. The van der Waals surface area contributed by atoms with E-state index in [1.165, 1.54) is 0 Å². The van der Waals surface area contributed by atoms with E-state index in [0.29, 0.717) is 23.3 Å². The van der Waals surface area contributed by atoms with Crippen molar-refractivity contribution >= 4 is 44.7 Å². The molecule has 2 aromatic heterocycles. The fourth-order valence-electron chi connectivity index (χ4n) is 1.28. The third-order valence-corrected chi connectivity index (χ3v) is 4.14. The van der Waals surface area contributed by atoms with Gasteiger partial charge in [-0.25, -0.2) is 4.98 Å². The topological polar surface area (TPSA) is 50.7 Å². The molecule has 0 bridgehead atoms. The van der Waals surface area contributed by atoms with Crippen molar-refractivity contribution in [2.75, 3.05) is 5.32 Å². The first-order chi connectivity index (χ1) is 8.56. The number of aromatic nitrogens is 3. The van der Waals surface area contributed by atoms with Crippen molar-refractivity contribution in [3.63, 3.8) is 0 Å². The van der Waals surface area contributed by atoms with Crippen LogP contribution in [-0.4, -0.2) is 15.2 Å². The molecule has 0 atom stereocenters. The number of halogens is 2. The Morgan fingerprint density at radius 1 is 1.44 bits per heavy atom. The predicted octanol–water partition coefficient (Wildman–Crippen LogP) is 4.08. The van der Waals surface area contributed by atoms with Crippen molar-refractivity contribution < 1.29 is 0 Å². The third kappa shape index (κ3) is 3.40. The molecule has 0 aliphatic rings. The molecule has 0 unspecified atom stereocenters. The highest BCUT2D eigenvalue weighted by atomic mass is 79.9. The van der Waals surface area contributed by atoms with Gasteiger partial charge < -0.3 is 5.32 Å². The van der Waals surface area contributed by atoms with E-state index in [4.69, 9.17) is 11.6 Å². The van der Waals surface area contributed by atoms with Crippen molar-refractivity contribution in [3.05, 3.63) is 31.8 Å². The van der Waals surface area contributed by atoms with Crippen molar-refractivity contribution in [1.82, 2.24) is 15.2 Å². The van der Waals surface area contributed by atoms with Crippen LogP contribution in [0.25, 0.3) is 0 Å². The van der Waals surface area contributed by atoms with Crippen LogP contribution in [0.2, 0.25) is 5.02 Å². The van der Waals surface area contributed by atoms with Crippen LogP contribution in [0.4, 0.5) is 5.82 Å². The normalized spacial score (nSPS) is 10.9. The Balaban J connectivity index is 2.02. The van der Waals surface area contributed by atoms with Crippen molar-refractivity contribution in [3.8, 4) is 0 Å². The number of nitrogens with zero attached hydrogens (tertiary/aromatic N) is 3. The lowest BCUT2D eigenvalue weighted by molar-refractivity contribution is 0.818. The first kappa shape index (κ1) is 13.7. The summed E-state index contributed by atoms with van der Waals surface area (Å²) in [6.07, 6.45) is 1.70. The molecule has 1 N–H and O–H groups in total. The van der Waals surface area contributed by atoms with E-state index in [2.05, 4.69) is 50.3 Å². The van der Waals surface area contributed by atoms with E-state index < -0.39 is 0 Å². The Bertz CT molecular complexity index is 544. The molecule has 0 saturated carbocycles. The van der Waals surface area contributed by atoms with Crippen molar-refractivity contribution in [1.29, 1.82) is 0 Å². The molecule has 0 saturated heterocycles. The molecule has 2 heterocycles. The molecular weight excluding hydrogens is 336 g/mol. The van der Waals surface area contributed by atoms with Crippen molar-refractivity contribution in [2.45, 2.75) is 26.3 Å². The molecule has 7 heteroatoms. The molecule has 96 valence electrons. The van der Waals surface area contributed by atoms with Crippen LogP contribution in [0, 0.1) is 0 Å². The summed E-state index contributed by atoms with van der Waals surface area (Å²) in [5.74, 6) is 1.06. The molecule has 0 fully saturated rings. The van der Waals surface area contributed by atoms with Crippen LogP contribution >= 0.6 is 38.9 Å². The minimum absolute atomic E-state index is 0.408. The lowest BCUT2D eigenvalue weighted by atomic mass is 10.2. The van der Waals surface area contributed by atoms with Crippen LogP contribution in [0.5, 0.6) is 0 Å². The summed E-state index contributed by atoms with van der Waals surface area (Å²) >= 11 is 11.0. The highest BCUT2D eigenvalue weighted by Gasteiger charge is 2.08. The smallest absolute Gasteiger partial charge is 0.145 e. The van der Waals surface area contributed by atoms with Gasteiger partial charge in [0.15, 0.2) is 0 Å². The van der Waals surface area contributed by atoms with Crippen LogP contribution < -0.4 is 5.32 Å². The zero-order valence-corrected chi connectivity index (χ0v) is 13.1. The summed E-state index contributed by atoms with van der Waals surface area (Å²) < 4.78 is 0.857. The molecule has 0 aromatic carbocycles. The Morgan fingerprint density at radius 2 is 2.22 bits per heavy atom. The monoisotopic (exact) mass is 346 g/mol. The van der Waals surface area contributed by atoms with Gasteiger partial charge >= 0.3 is 0 Å². The Kier molecular flexibility index (Phi) is 4.53. The third-order valence-electron chi connectivity index (χ3n) is 2.19. The Hall–Kier alpha value is -0.720. The average Bonchev–Trinajstić information content (AvgIpc) is 2.76. The first-order valence-corrected chi connectivity index (χ1v) is 7.42. The predicted molar refractivity (Wildman–Crippen MR) is 78.3 cm³/mol. The molecule has 18 heavy (non-hydrogen) atoms. The fourth-order valence-corrected chi connectivity index (χ4v) is 2.76. The van der Waals surface area contributed by atoms with E-state index in [9.17, 15) is 0 Å². The number of rotatable bonds is 4. The largest absolute Gasteiger partial charge is 0.362 e. The maximum Gasteiger partial charge on any atom is 0.145 e. The quantitative estimate of drug-likeness (QED) is 0.905. The van der Waals surface area contributed by atoms with E-state index in [-0.39, 0.29) is 0 Å². The second-order valence-electron chi connectivity index (χ2n) is 4.03.